The van der Waals surface area contributed by atoms with Gasteiger partial charge in [0.1, 0.15) is 0 Å². The van der Waals surface area contributed by atoms with Crippen LogP contribution in [0.25, 0.3) is 0 Å². The van der Waals surface area contributed by atoms with E-state index < -0.39 is 5.97 Å². The zero-order valence-electron chi connectivity index (χ0n) is 9.82. The first-order valence-corrected chi connectivity index (χ1v) is 6.59. The van der Waals surface area contributed by atoms with Crippen LogP contribution in [0.15, 0.2) is 22.7 Å². The summed E-state index contributed by atoms with van der Waals surface area (Å²) >= 11 is 9.10. The monoisotopic (exact) mass is 333 g/mol. The van der Waals surface area contributed by atoms with E-state index >= 15 is 0 Å². The van der Waals surface area contributed by atoms with Gasteiger partial charge < -0.3 is 10.0 Å². The third-order valence-electron chi connectivity index (χ3n) is 2.43. The summed E-state index contributed by atoms with van der Waals surface area (Å²) in [7, 11) is 0. The quantitative estimate of drug-likeness (QED) is 0.900. The molecule has 0 fully saturated rings. The van der Waals surface area contributed by atoms with Gasteiger partial charge in [-0.05, 0) is 41.1 Å². The number of benzene rings is 1. The van der Waals surface area contributed by atoms with E-state index in [2.05, 4.69) is 15.9 Å². The van der Waals surface area contributed by atoms with E-state index in [9.17, 15) is 9.59 Å². The Morgan fingerprint density at radius 2 is 2.11 bits per heavy atom. The first-order valence-electron chi connectivity index (χ1n) is 5.41. The fourth-order valence-electron chi connectivity index (χ4n) is 1.45. The Morgan fingerprint density at radius 3 is 2.61 bits per heavy atom. The molecule has 0 unspecified atom stereocenters. The summed E-state index contributed by atoms with van der Waals surface area (Å²) in [6.45, 7) is 2.47. The molecular formula is C12H13BrClNO3. The van der Waals surface area contributed by atoms with E-state index in [1.54, 1.807) is 18.2 Å². The largest absolute Gasteiger partial charge is 0.481 e. The third-order valence-corrected chi connectivity index (χ3v) is 3.65. The van der Waals surface area contributed by atoms with E-state index in [-0.39, 0.29) is 18.9 Å². The van der Waals surface area contributed by atoms with Crippen LogP contribution in [0.4, 0.5) is 0 Å². The van der Waals surface area contributed by atoms with Crippen molar-refractivity contribution in [2.24, 2.45) is 0 Å². The van der Waals surface area contributed by atoms with Crippen LogP contribution in [0, 0.1) is 0 Å². The maximum absolute atomic E-state index is 12.1. The lowest BCUT2D eigenvalue weighted by molar-refractivity contribution is -0.137. The number of hydrogen-bond donors (Lipinski definition) is 1. The molecule has 18 heavy (non-hydrogen) atoms. The van der Waals surface area contributed by atoms with Gasteiger partial charge >= 0.3 is 5.97 Å². The molecule has 98 valence electrons. The lowest BCUT2D eigenvalue weighted by atomic mass is 10.2. The molecule has 1 N–H and O–H groups in total. The van der Waals surface area contributed by atoms with Crippen LogP contribution < -0.4 is 0 Å². The van der Waals surface area contributed by atoms with Crippen molar-refractivity contribution in [3.8, 4) is 0 Å². The molecular weight excluding hydrogens is 321 g/mol. The van der Waals surface area contributed by atoms with Gasteiger partial charge in [0, 0.05) is 23.1 Å². The minimum absolute atomic E-state index is 0.0612. The maximum atomic E-state index is 12.1. The second-order valence-corrected chi connectivity index (χ2v) is 4.92. The van der Waals surface area contributed by atoms with Gasteiger partial charge in [0.05, 0.1) is 11.4 Å². The average molecular weight is 335 g/mol. The first kappa shape index (κ1) is 15.0. The van der Waals surface area contributed by atoms with Gasteiger partial charge in [-0.25, -0.2) is 0 Å². The van der Waals surface area contributed by atoms with E-state index in [0.29, 0.717) is 21.6 Å². The van der Waals surface area contributed by atoms with E-state index in [1.165, 1.54) is 4.90 Å². The van der Waals surface area contributed by atoms with Gasteiger partial charge in [-0.1, -0.05) is 11.6 Å². The third kappa shape index (κ3) is 3.99. The number of nitrogens with zero attached hydrogens (tertiary/aromatic N) is 1. The van der Waals surface area contributed by atoms with Crippen molar-refractivity contribution in [3.05, 3.63) is 33.3 Å². The van der Waals surface area contributed by atoms with E-state index in [0.717, 1.165) is 0 Å². The van der Waals surface area contributed by atoms with E-state index in [1.807, 2.05) is 6.92 Å². The zero-order chi connectivity index (χ0) is 13.7. The summed E-state index contributed by atoms with van der Waals surface area (Å²) < 4.78 is 0.643. The molecule has 0 saturated heterocycles. The summed E-state index contributed by atoms with van der Waals surface area (Å²) in [6, 6.07) is 4.89. The molecule has 4 nitrogen and oxygen atoms in total. The van der Waals surface area contributed by atoms with Crippen molar-refractivity contribution in [2.75, 3.05) is 13.1 Å². The van der Waals surface area contributed by atoms with Crippen LogP contribution in [-0.4, -0.2) is 35.0 Å². The molecule has 0 spiro atoms. The zero-order valence-corrected chi connectivity index (χ0v) is 12.2. The van der Waals surface area contributed by atoms with Crippen molar-refractivity contribution in [1.82, 2.24) is 4.90 Å². The molecule has 0 heterocycles. The van der Waals surface area contributed by atoms with Crippen LogP contribution in [0.3, 0.4) is 0 Å². The first-order chi connectivity index (χ1) is 8.45. The highest BCUT2D eigenvalue weighted by Crippen LogP contribution is 2.23. The predicted molar refractivity (Wildman–Crippen MR) is 73.0 cm³/mol. The van der Waals surface area contributed by atoms with Crippen molar-refractivity contribution in [2.45, 2.75) is 13.3 Å². The number of halogens is 2. The summed E-state index contributed by atoms with van der Waals surface area (Å²) in [5.41, 5.74) is 0.485. The topological polar surface area (TPSA) is 57.6 Å². The summed E-state index contributed by atoms with van der Waals surface area (Å²) in [5, 5.41) is 9.16. The molecule has 0 aliphatic heterocycles. The Bertz CT molecular complexity index is 465. The van der Waals surface area contributed by atoms with Gasteiger partial charge in [-0.15, -0.1) is 0 Å². The molecule has 0 aliphatic rings. The smallest absolute Gasteiger partial charge is 0.305 e. The molecule has 0 aromatic heterocycles. The van der Waals surface area contributed by atoms with Gasteiger partial charge in [-0.2, -0.15) is 0 Å². The van der Waals surface area contributed by atoms with Crippen LogP contribution in [0.1, 0.15) is 23.7 Å². The van der Waals surface area contributed by atoms with Crippen LogP contribution >= 0.6 is 27.5 Å². The fourth-order valence-corrected chi connectivity index (χ4v) is 1.94. The molecule has 1 amide bonds. The average Bonchev–Trinajstić information content (AvgIpc) is 2.32. The van der Waals surface area contributed by atoms with Crippen LogP contribution in [0.2, 0.25) is 5.02 Å². The van der Waals surface area contributed by atoms with Crippen LogP contribution in [0.5, 0.6) is 0 Å². The van der Waals surface area contributed by atoms with Crippen molar-refractivity contribution in [1.29, 1.82) is 0 Å². The summed E-state index contributed by atoms with van der Waals surface area (Å²) in [6.07, 6.45) is -0.0612. The number of amides is 1. The SMILES string of the molecule is CCN(CCC(=O)O)C(=O)c1ccc(Cl)c(Br)c1. The maximum Gasteiger partial charge on any atom is 0.305 e. The minimum atomic E-state index is -0.918. The number of rotatable bonds is 5. The summed E-state index contributed by atoms with van der Waals surface area (Å²) in [4.78, 5) is 24.1. The minimum Gasteiger partial charge on any atom is -0.481 e. The van der Waals surface area contributed by atoms with Gasteiger partial charge in [0.15, 0.2) is 0 Å². The fraction of sp³-hybridized carbons (Fsp3) is 0.333. The number of hydrogen-bond acceptors (Lipinski definition) is 2. The van der Waals surface area contributed by atoms with E-state index in [4.69, 9.17) is 16.7 Å². The van der Waals surface area contributed by atoms with Crippen molar-refractivity contribution >= 4 is 39.4 Å². The highest BCUT2D eigenvalue weighted by atomic mass is 79.9. The number of carboxylic acid groups (broad SMARTS) is 1. The highest BCUT2D eigenvalue weighted by molar-refractivity contribution is 9.10. The molecule has 6 heteroatoms. The summed E-state index contributed by atoms with van der Waals surface area (Å²) in [5.74, 6) is -1.12. The Kier molecular flexibility index (Phi) is 5.62. The molecule has 1 aromatic carbocycles. The molecule has 0 saturated carbocycles. The Labute approximate surface area is 119 Å². The Hall–Kier alpha value is -1.07. The molecule has 1 aromatic rings. The Morgan fingerprint density at radius 1 is 1.44 bits per heavy atom. The van der Waals surface area contributed by atoms with Gasteiger partial charge in [0.25, 0.3) is 5.91 Å². The predicted octanol–water partition coefficient (Wildman–Crippen LogP) is 3.04. The number of aliphatic carboxylic acids is 1. The Balaban J connectivity index is 2.82. The molecule has 0 bridgehead atoms. The van der Waals surface area contributed by atoms with Gasteiger partial charge in [0.2, 0.25) is 0 Å². The van der Waals surface area contributed by atoms with Crippen molar-refractivity contribution < 1.29 is 14.7 Å². The van der Waals surface area contributed by atoms with Crippen molar-refractivity contribution in [3.63, 3.8) is 0 Å². The molecule has 0 radical (unpaired) electrons. The highest BCUT2D eigenvalue weighted by Gasteiger charge is 2.15. The normalized spacial score (nSPS) is 10.2. The van der Waals surface area contributed by atoms with Gasteiger partial charge in [-0.3, -0.25) is 9.59 Å². The lowest BCUT2D eigenvalue weighted by Crippen LogP contribution is -2.32. The number of carbonyl (C=O) groups is 2. The molecule has 1 rings (SSSR count). The molecule has 0 atom stereocenters. The number of carboxylic acids is 1. The molecule has 0 aliphatic carbocycles. The standard InChI is InChI=1S/C12H13BrClNO3/c1-2-15(6-5-11(16)17)12(18)8-3-4-10(14)9(13)7-8/h3-4,7H,2,5-6H2,1H3,(H,16,17). The lowest BCUT2D eigenvalue weighted by Gasteiger charge is -2.20. The second-order valence-electron chi connectivity index (χ2n) is 3.66. The second kappa shape index (κ2) is 6.75. The van der Waals surface area contributed by atoms with Crippen LogP contribution in [-0.2, 0) is 4.79 Å². The number of carbonyl (C=O) groups excluding carboxylic acids is 1.